The average Bonchev–Trinajstić information content (AvgIpc) is 3.48. The molecular formula is C24H33N7O3. The minimum atomic E-state index is -0.657. The Balaban J connectivity index is 1.22. The molecule has 4 heterocycles. The van der Waals surface area contributed by atoms with Crippen LogP contribution in [0.25, 0.3) is 5.82 Å². The highest BCUT2D eigenvalue weighted by molar-refractivity contribution is 5.85. The van der Waals surface area contributed by atoms with Gasteiger partial charge in [-0.1, -0.05) is 6.07 Å². The maximum absolute atomic E-state index is 13.6. The molecule has 2 unspecified atom stereocenters. The van der Waals surface area contributed by atoms with E-state index in [9.17, 15) is 15.0 Å². The zero-order chi connectivity index (χ0) is 23.9. The van der Waals surface area contributed by atoms with Crippen molar-refractivity contribution in [1.82, 2.24) is 35.0 Å². The molecule has 2 atom stereocenters. The van der Waals surface area contributed by atoms with Gasteiger partial charge in [-0.3, -0.25) is 4.79 Å². The Labute approximate surface area is 199 Å². The molecule has 0 radical (unpaired) electrons. The molecule has 10 heteroatoms. The van der Waals surface area contributed by atoms with Gasteiger partial charge in [-0.05, 0) is 87.5 Å². The molecule has 1 spiro atoms. The largest absolute Gasteiger partial charge is 0.389 e. The number of carbonyl (C=O) groups is 1. The van der Waals surface area contributed by atoms with Crippen LogP contribution >= 0.6 is 0 Å². The molecule has 1 amide bonds. The molecule has 2 aliphatic heterocycles. The van der Waals surface area contributed by atoms with Gasteiger partial charge in [0.1, 0.15) is 6.33 Å². The van der Waals surface area contributed by atoms with Crippen LogP contribution in [0.15, 0.2) is 29.7 Å². The second kappa shape index (κ2) is 9.16. The summed E-state index contributed by atoms with van der Waals surface area (Å²) in [6, 6.07) is 3.68. The summed E-state index contributed by atoms with van der Waals surface area (Å²) >= 11 is 0. The summed E-state index contributed by atoms with van der Waals surface area (Å²) < 4.78 is 1.49. The monoisotopic (exact) mass is 467 g/mol. The SMILES string of the molecule is CC1=C(N2CCCC3(CCN(CC(O)c4ccc(-n5cnnn5)nc4C)CC3)C2=O)CCC1O. The van der Waals surface area contributed by atoms with Crippen molar-refractivity contribution in [2.24, 2.45) is 5.41 Å². The Morgan fingerprint density at radius 1 is 1.18 bits per heavy atom. The Bertz CT molecular complexity index is 1080. The quantitative estimate of drug-likeness (QED) is 0.679. The minimum absolute atomic E-state index is 0.237. The molecular weight excluding hydrogens is 434 g/mol. The first-order chi connectivity index (χ1) is 16.4. The molecule has 2 aromatic rings. The number of rotatable bonds is 5. The number of allylic oxidation sites excluding steroid dienone is 1. The molecule has 1 aliphatic carbocycles. The highest BCUT2D eigenvalue weighted by Crippen LogP contribution is 2.44. The summed E-state index contributed by atoms with van der Waals surface area (Å²) in [5.41, 5.74) is 3.23. The highest BCUT2D eigenvalue weighted by atomic mass is 16.3. The summed E-state index contributed by atoms with van der Waals surface area (Å²) in [7, 11) is 0. The number of piperidine rings is 2. The van der Waals surface area contributed by atoms with Crippen molar-refractivity contribution in [3.8, 4) is 5.82 Å². The summed E-state index contributed by atoms with van der Waals surface area (Å²) in [6.07, 6.45) is 5.46. The number of hydrogen-bond donors (Lipinski definition) is 2. The fraction of sp³-hybridized carbons (Fsp3) is 0.625. The lowest BCUT2D eigenvalue weighted by atomic mass is 9.71. The number of aryl methyl sites for hydroxylation is 1. The maximum Gasteiger partial charge on any atom is 0.233 e. The molecule has 10 nitrogen and oxygen atoms in total. The molecule has 0 aromatic carbocycles. The highest BCUT2D eigenvalue weighted by Gasteiger charge is 2.47. The Kier molecular flexibility index (Phi) is 6.22. The van der Waals surface area contributed by atoms with E-state index in [1.54, 1.807) is 6.07 Å². The van der Waals surface area contributed by atoms with Crippen molar-refractivity contribution in [1.29, 1.82) is 0 Å². The van der Waals surface area contributed by atoms with Crippen molar-refractivity contribution in [3.05, 3.63) is 41.0 Å². The molecule has 182 valence electrons. The van der Waals surface area contributed by atoms with E-state index in [1.807, 2.05) is 24.8 Å². The third kappa shape index (κ3) is 4.14. The van der Waals surface area contributed by atoms with Crippen LogP contribution in [-0.2, 0) is 4.79 Å². The van der Waals surface area contributed by atoms with Crippen molar-refractivity contribution in [2.45, 2.75) is 64.6 Å². The molecule has 3 aliphatic rings. The summed E-state index contributed by atoms with van der Waals surface area (Å²) in [4.78, 5) is 22.3. The number of aliphatic hydroxyl groups excluding tert-OH is 2. The number of pyridine rings is 1. The molecule has 0 bridgehead atoms. The third-order valence-electron chi connectivity index (χ3n) is 7.97. The first kappa shape index (κ1) is 23.1. The zero-order valence-electron chi connectivity index (χ0n) is 19.9. The van der Waals surface area contributed by atoms with Crippen molar-refractivity contribution in [2.75, 3.05) is 26.2 Å². The van der Waals surface area contributed by atoms with E-state index < -0.39 is 12.2 Å². The van der Waals surface area contributed by atoms with Crippen LogP contribution in [0.3, 0.4) is 0 Å². The van der Waals surface area contributed by atoms with Crippen LogP contribution in [0, 0.1) is 12.3 Å². The van der Waals surface area contributed by atoms with Gasteiger partial charge in [0.05, 0.1) is 17.6 Å². The molecule has 5 rings (SSSR count). The van der Waals surface area contributed by atoms with Gasteiger partial charge in [-0.25, -0.2) is 4.98 Å². The first-order valence-electron chi connectivity index (χ1n) is 12.2. The number of β-amino-alcohol motifs (C(OH)–C–C–N with tert-alkyl or cyclic N) is 1. The summed E-state index contributed by atoms with van der Waals surface area (Å²) in [5, 5.41) is 32.2. The van der Waals surface area contributed by atoms with Crippen LogP contribution in [0.5, 0.6) is 0 Å². The van der Waals surface area contributed by atoms with Gasteiger partial charge in [0, 0.05) is 30.0 Å². The number of amides is 1. The lowest BCUT2D eigenvalue weighted by molar-refractivity contribution is -0.147. The van der Waals surface area contributed by atoms with Gasteiger partial charge in [0.15, 0.2) is 5.82 Å². The number of tetrazole rings is 1. The van der Waals surface area contributed by atoms with Crippen LogP contribution in [0.2, 0.25) is 0 Å². The molecule has 2 fully saturated rings. The van der Waals surface area contributed by atoms with Gasteiger partial charge in [-0.15, -0.1) is 5.10 Å². The fourth-order valence-corrected chi connectivity index (χ4v) is 5.83. The van der Waals surface area contributed by atoms with E-state index in [2.05, 4.69) is 25.4 Å². The van der Waals surface area contributed by atoms with Crippen LogP contribution in [-0.4, -0.2) is 83.4 Å². The minimum Gasteiger partial charge on any atom is -0.389 e. The van der Waals surface area contributed by atoms with E-state index in [1.165, 1.54) is 11.0 Å². The number of hydrogen-bond acceptors (Lipinski definition) is 8. The Morgan fingerprint density at radius 2 is 1.97 bits per heavy atom. The van der Waals surface area contributed by atoms with Crippen LogP contribution in [0.4, 0.5) is 0 Å². The van der Waals surface area contributed by atoms with Gasteiger partial charge >= 0.3 is 0 Å². The predicted molar refractivity (Wildman–Crippen MR) is 124 cm³/mol. The summed E-state index contributed by atoms with van der Waals surface area (Å²) in [6.45, 7) is 6.67. The fourth-order valence-electron chi connectivity index (χ4n) is 5.83. The number of carbonyl (C=O) groups excluding carboxylic acids is 1. The normalized spacial score (nSPS) is 24.3. The molecule has 2 N–H and O–H groups in total. The molecule has 2 saturated heterocycles. The van der Waals surface area contributed by atoms with E-state index in [-0.39, 0.29) is 11.3 Å². The van der Waals surface area contributed by atoms with Crippen molar-refractivity contribution >= 4 is 5.91 Å². The van der Waals surface area contributed by atoms with E-state index in [0.29, 0.717) is 18.8 Å². The van der Waals surface area contributed by atoms with Gasteiger partial charge in [0.2, 0.25) is 5.91 Å². The van der Waals surface area contributed by atoms with Crippen molar-refractivity contribution in [3.63, 3.8) is 0 Å². The molecule has 34 heavy (non-hydrogen) atoms. The first-order valence-corrected chi connectivity index (χ1v) is 12.2. The lowest BCUT2D eigenvalue weighted by Gasteiger charge is -2.47. The van der Waals surface area contributed by atoms with Gasteiger partial charge < -0.3 is 20.0 Å². The van der Waals surface area contributed by atoms with E-state index in [0.717, 1.165) is 74.3 Å². The number of likely N-dealkylation sites (tertiary alicyclic amines) is 2. The Morgan fingerprint density at radius 3 is 2.62 bits per heavy atom. The Hall–Kier alpha value is -2.69. The standard InChI is InChI=1S/C24H33N7O3/c1-16-19(5-6-20(16)32)30-11-3-8-24(23(30)34)9-12-29(13-10-24)14-21(33)18-4-7-22(26-17(18)2)31-15-25-27-28-31/h4,7,15,20-21,32-33H,3,5-6,8-14H2,1-2H3. The molecule has 2 aromatic heterocycles. The average molecular weight is 468 g/mol. The van der Waals surface area contributed by atoms with Crippen molar-refractivity contribution < 1.29 is 15.0 Å². The second-order valence-electron chi connectivity index (χ2n) is 9.94. The summed E-state index contributed by atoms with van der Waals surface area (Å²) in [5.74, 6) is 0.847. The zero-order valence-corrected chi connectivity index (χ0v) is 19.9. The number of aromatic nitrogens is 5. The number of aliphatic hydroxyl groups is 2. The van der Waals surface area contributed by atoms with Gasteiger partial charge in [0.25, 0.3) is 0 Å². The van der Waals surface area contributed by atoms with Crippen LogP contribution < -0.4 is 0 Å². The second-order valence-corrected chi connectivity index (χ2v) is 9.94. The topological polar surface area (TPSA) is 121 Å². The van der Waals surface area contributed by atoms with E-state index >= 15 is 0 Å². The molecule has 0 saturated carbocycles. The third-order valence-corrected chi connectivity index (χ3v) is 7.97. The van der Waals surface area contributed by atoms with Gasteiger partial charge in [-0.2, -0.15) is 4.68 Å². The maximum atomic E-state index is 13.6. The van der Waals surface area contributed by atoms with Crippen LogP contribution in [0.1, 0.15) is 62.8 Å². The lowest BCUT2D eigenvalue weighted by Crippen LogP contribution is -2.53. The number of nitrogens with zero attached hydrogens (tertiary/aromatic N) is 7. The predicted octanol–water partition coefficient (Wildman–Crippen LogP) is 1.53. The smallest absolute Gasteiger partial charge is 0.233 e. The van der Waals surface area contributed by atoms with E-state index in [4.69, 9.17) is 0 Å².